The summed E-state index contributed by atoms with van der Waals surface area (Å²) in [6.07, 6.45) is 0. The maximum absolute atomic E-state index is 12.3. The first-order valence-electron chi connectivity index (χ1n) is 7.70. The van der Waals surface area contributed by atoms with E-state index < -0.39 is 15.9 Å². The zero-order valence-corrected chi connectivity index (χ0v) is 14.4. The van der Waals surface area contributed by atoms with Gasteiger partial charge in [-0.25, -0.2) is 13.1 Å². The second kappa shape index (κ2) is 7.12. The zero-order valence-electron chi connectivity index (χ0n) is 13.6. The van der Waals surface area contributed by atoms with Crippen molar-refractivity contribution in [3.05, 3.63) is 48.0 Å². The fourth-order valence-corrected chi connectivity index (χ4v) is 3.36. The second-order valence-corrected chi connectivity index (χ2v) is 7.31. The Labute approximate surface area is 146 Å². The van der Waals surface area contributed by atoms with Crippen LogP contribution in [0.1, 0.15) is 5.56 Å². The van der Waals surface area contributed by atoms with Gasteiger partial charge in [0.2, 0.25) is 15.9 Å². The quantitative estimate of drug-likeness (QED) is 0.844. The molecular formula is C17H18N2O5S. The van der Waals surface area contributed by atoms with Crippen LogP contribution < -0.4 is 19.5 Å². The summed E-state index contributed by atoms with van der Waals surface area (Å²) in [6, 6.07) is 11.6. The second-order valence-electron chi connectivity index (χ2n) is 5.55. The molecule has 0 spiro atoms. The number of sulfonamides is 1. The number of hydrogen-bond acceptors (Lipinski definition) is 5. The Morgan fingerprint density at radius 2 is 1.84 bits per heavy atom. The molecule has 0 saturated heterocycles. The Kier molecular flexibility index (Phi) is 4.91. The van der Waals surface area contributed by atoms with Gasteiger partial charge in [-0.1, -0.05) is 12.1 Å². The van der Waals surface area contributed by atoms with E-state index in [-0.39, 0.29) is 11.4 Å². The highest BCUT2D eigenvalue weighted by atomic mass is 32.2. The highest BCUT2D eigenvalue weighted by molar-refractivity contribution is 7.89. The number of hydrogen-bond donors (Lipinski definition) is 2. The van der Waals surface area contributed by atoms with Crippen LogP contribution >= 0.6 is 0 Å². The number of rotatable bonds is 5. The van der Waals surface area contributed by atoms with Crippen LogP contribution in [0, 0.1) is 6.92 Å². The molecule has 0 radical (unpaired) electrons. The maximum Gasteiger partial charge on any atom is 0.241 e. The molecule has 1 aliphatic rings. The minimum absolute atomic E-state index is 0.0140. The molecule has 0 fully saturated rings. The molecule has 1 aliphatic heterocycles. The summed E-state index contributed by atoms with van der Waals surface area (Å²) in [6.45, 7) is 2.32. The highest BCUT2D eigenvalue weighted by Gasteiger charge is 2.20. The first-order valence-corrected chi connectivity index (χ1v) is 9.18. The molecule has 8 heteroatoms. The topological polar surface area (TPSA) is 93.7 Å². The summed E-state index contributed by atoms with van der Waals surface area (Å²) in [5, 5.41) is 2.65. The van der Waals surface area contributed by atoms with Crippen LogP contribution in [-0.2, 0) is 14.8 Å². The molecule has 0 aromatic heterocycles. The van der Waals surface area contributed by atoms with E-state index >= 15 is 0 Å². The van der Waals surface area contributed by atoms with E-state index in [0.29, 0.717) is 30.4 Å². The van der Waals surface area contributed by atoms with Crippen molar-refractivity contribution in [2.45, 2.75) is 11.8 Å². The Morgan fingerprint density at radius 1 is 1.08 bits per heavy atom. The van der Waals surface area contributed by atoms with Crippen molar-refractivity contribution in [2.75, 3.05) is 25.1 Å². The van der Waals surface area contributed by atoms with E-state index in [1.807, 2.05) is 19.1 Å². The number of carbonyl (C=O) groups excluding carboxylic acids is 1. The third-order valence-electron chi connectivity index (χ3n) is 3.55. The van der Waals surface area contributed by atoms with Gasteiger partial charge in [-0.2, -0.15) is 0 Å². The maximum atomic E-state index is 12.3. The number of benzene rings is 2. The number of anilines is 1. The molecular weight excluding hydrogens is 344 g/mol. The molecule has 2 N–H and O–H groups in total. The first kappa shape index (κ1) is 17.2. The summed E-state index contributed by atoms with van der Waals surface area (Å²) in [4.78, 5) is 12.0. The smallest absolute Gasteiger partial charge is 0.241 e. The van der Waals surface area contributed by atoms with E-state index in [9.17, 15) is 13.2 Å². The van der Waals surface area contributed by atoms with E-state index in [1.165, 1.54) is 18.2 Å². The van der Waals surface area contributed by atoms with Gasteiger partial charge < -0.3 is 14.8 Å². The van der Waals surface area contributed by atoms with Gasteiger partial charge in [0.1, 0.15) is 13.2 Å². The number of aryl methyl sites for hydroxylation is 1. The average Bonchev–Trinajstić information content (AvgIpc) is 2.60. The van der Waals surface area contributed by atoms with Gasteiger partial charge in [0.15, 0.2) is 11.5 Å². The molecule has 3 rings (SSSR count). The Morgan fingerprint density at radius 3 is 2.60 bits per heavy atom. The molecule has 7 nitrogen and oxygen atoms in total. The number of nitrogens with one attached hydrogen (secondary N) is 2. The van der Waals surface area contributed by atoms with E-state index in [4.69, 9.17) is 9.47 Å². The van der Waals surface area contributed by atoms with Gasteiger partial charge in [0, 0.05) is 11.8 Å². The van der Waals surface area contributed by atoms with E-state index in [1.54, 1.807) is 12.1 Å². The molecule has 0 aliphatic carbocycles. The molecule has 2 aromatic rings. The van der Waals surface area contributed by atoms with Crippen LogP contribution in [0.4, 0.5) is 5.69 Å². The van der Waals surface area contributed by atoms with Gasteiger partial charge in [-0.3, -0.25) is 4.79 Å². The Bertz CT molecular complexity index is 896. The minimum atomic E-state index is -3.84. The number of amides is 1. The van der Waals surface area contributed by atoms with Crippen molar-refractivity contribution in [1.82, 2.24) is 4.72 Å². The van der Waals surface area contributed by atoms with E-state index in [0.717, 1.165) is 5.56 Å². The van der Waals surface area contributed by atoms with Gasteiger partial charge in [0.05, 0.1) is 11.4 Å². The average molecular weight is 362 g/mol. The third kappa shape index (κ3) is 4.28. The van der Waals surface area contributed by atoms with Crippen LogP contribution in [0.5, 0.6) is 11.5 Å². The zero-order chi connectivity index (χ0) is 17.9. The fourth-order valence-electron chi connectivity index (χ4n) is 2.36. The summed E-state index contributed by atoms with van der Waals surface area (Å²) >= 11 is 0. The first-order chi connectivity index (χ1) is 11.9. The Hall–Kier alpha value is -2.58. The minimum Gasteiger partial charge on any atom is -0.486 e. The van der Waals surface area contributed by atoms with Crippen molar-refractivity contribution in [1.29, 1.82) is 0 Å². The normalized spacial score (nSPS) is 13.3. The number of ether oxygens (including phenoxy) is 2. The number of fused-ring (bicyclic) bond motifs is 1. The van der Waals surface area contributed by atoms with Crippen LogP contribution in [0.15, 0.2) is 47.4 Å². The fraction of sp³-hybridized carbons (Fsp3) is 0.235. The highest BCUT2D eigenvalue weighted by Crippen LogP contribution is 2.32. The monoisotopic (exact) mass is 362 g/mol. The van der Waals surface area contributed by atoms with Crippen molar-refractivity contribution in [2.24, 2.45) is 0 Å². The van der Waals surface area contributed by atoms with Crippen molar-refractivity contribution in [3.63, 3.8) is 0 Å². The largest absolute Gasteiger partial charge is 0.486 e. The SMILES string of the molecule is Cc1cccc(NC(=O)CNS(=O)(=O)c2ccc3c(c2)OCCO3)c1. The lowest BCUT2D eigenvalue weighted by Gasteiger charge is -2.18. The van der Waals surface area contributed by atoms with Gasteiger partial charge in [-0.05, 0) is 36.8 Å². The number of carbonyl (C=O) groups is 1. The standard InChI is InChI=1S/C17H18N2O5S/c1-12-3-2-4-13(9-12)19-17(20)11-18-25(21,22)14-5-6-15-16(10-14)24-8-7-23-15/h2-6,9-10,18H,7-8,11H2,1H3,(H,19,20). The Balaban J connectivity index is 1.64. The van der Waals surface area contributed by atoms with Gasteiger partial charge in [-0.15, -0.1) is 0 Å². The van der Waals surface area contributed by atoms with Crippen molar-refractivity contribution in [3.8, 4) is 11.5 Å². The predicted molar refractivity (Wildman–Crippen MR) is 92.4 cm³/mol. The molecule has 1 heterocycles. The molecule has 1 amide bonds. The molecule has 0 saturated carbocycles. The van der Waals surface area contributed by atoms with Crippen molar-refractivity contribution >= 4 is 21.6 Å². The molecule has 25 heavy (non-hydrogen) atoms. The third-order valence-corrected chi connectivity index (χ3v) is 4.95. The van der Waals surface area contributed by atoms with Crippen LogP contribution in [0.25, 0.3) is 0 Å². The van der Waals surface area contributed by atoms with Gasteiger partial charge >= 0.3 is 0 Å². The molecule has 0 atom stereocenters. The van der Waals surface area contributed by atoms with Crippen LogP contribution in [0.2, 0.25) is 0 Å². The lowest BCUT2D eigenvalue weighted by molar-refractivity contribution is -0.115. The molecule has 0 unspecified atom stereocenters. The lowest BCUT2D eigenvalue weighted by Crippen LogP contribution is -2.33. The van der Waals surface area contributed by atoms with Crippen LogP contribution in [-0.4, -0.2) is 34.1 Å². The lowest BCUT2D eigenvalue weighted by atomic mass is 10.2. The van der Waals surface area contributed by atoms with Crippen LogP contribution in [0.3, 0.4) is 0 Å². The molecule has 0 bridgehead atoms. The summed E-state index contributed by atoms with van der Waals surface area (Å²) in [5.74, 6) is 0.424. The van der Waals surface area contributed by atoms with E-state index in [2.05, 4.69) is 10.0 Å². The van der Waals surface area contributed by atoms with Crippen molar-refractivity contribution < 1.29 is 22.7 Å². The summed E-state index contributed by atoms with van der Waals surface area (Å²) in [7, 11) is -3.84. The molecule has 132 valence electrons. The summed E-state index contributed by atoms with van der Waals surface area (Å²) in [5.41, 5.74) is 1.61. The van der Waals surface area contributed by atoms with Gasteiger partial charge in [0.25, 0.3) is 0 Å². The summed E-state index contributed by atoms with van der Waals surface area (Å²) < 4.78 is 37.7. The predicted octanol–water partition coefficient (Wildman–Crippen LogP) is 1.68. The molecule has 2 aromatic carbocycles.